The van der Waals surface area contributed by atoms with E-state index in [1.54, 1.807) is 17.0 Å². The molecule has 0 bridgehead atoms. The third-order valence-corrected chi connectivity index (χ3v) is 3.57. The van der Waals surface area contributed by atoms with Crippen LogP contribution in [0.25, 0.3) is 0 Å². The van der Waals surface area contributed by atoms with Crippen molar-refractivity contribution in [3.8, 4) is 0 Å². The van der Waals surface area contributed by atoms with E-state index in [4.69, 9.17) is 10.2 Å². The number of nitrogens with zero attached hydrogens (tertiary/aromatic N) is 1. The highest BCUT2D eigenvalue weighted by molar-refractivity contribution is 5.95. The Morgan fingerprint density at radius 1 is 1.04 bits per heavy atom. The summed E-state index contributed by atoms with van der Waals surface area (Å²) >= 11 is 0. The Morgan fingerprint density at radius 3 is 2.22 bits per heavy atom. The lowest BCUT2D eigenvalue weighted by atomic mass is 10.1. The average molecular weight is 377 g/mol. The van der Waals surface area contributed by atoms with Crippen molar-refractivity contribution in [1.82, 2.24) is 0 Å². The van der Waals surface area contributed by atoms with Gasteiger partial charge in [-0.1, -0.05) is 18.2 Å². The minimum Gasteiger partial charge on any atom is -0.465 e. The first-order valence-electron chi connectivity index (χ1n) is 7.74. The molecular weight excluding hydrogens is 360 g/mol. The third-order valence-electron chi connectivity index (χ3n) is 3.57. The van der Waals surface area contributed by atoms with Gasteiger partial charge in [0.25, 0.3) is 0 Å². The van der Waals surface area contributed by atoms with E-state index >= 15 is 0 Å². The monoisotopic (exact) mass is 377 g/mol. The van der Waals surface area contributed by atoms with Gasteiger partial charge in [0.15, 0.2) is 5.82 Å². The van der Waals surface area contributed by atoms with Gasteiger partial charge in [0, 0.05) is 13.1 Å². The Labute approximate surface area is 153 Å². The second-order valence-electron chi connectivity index (χ2n) is 5.48. The van der Waals surface area contributed by atoms with Gasteiger partial charge >= 0.3 is 12.2 Å². The molecule has 0 heterocycles. The summed E-state index contributed by atoms with van der Waals surface area (Å²) in [6.07, 6.45) is -1.49. The van der Waals surface area contributed by atoms with Gasteiger partial charge in [0.2, 0.25) is 0 Å². The number of rotatable bonds is 7. The summed E-state index contributed by atoms with van der Waals surface area (Å²) in [6.45, 7) is 4.03. The molecule has 0 aliphatic rings. The Hall–Kier alpha value is -3.62. The van der Waals surface area contributed by atoms with Crippen molar-refractivity contribution < 1.29 is 28.6 Å². The summed E-state index contributed by atoms with van der Waals surface area (Å²) in [5, 5.41) is 21.6. The van der Waals surface area contributed by atoms with E-state index in [-0.39, 0.29) is 24.5 Å². The molecule has 0 fully saturated rings. The van der Waals surface area contributed by atoms with E-state index in [1.807, 2.05) is 10.6 Å². The summed E-state index contributed by atoms with van der Waals surface area (Å²) in [6, 6.07) is 8.20. The summed E-state index contributed by atoms with van der Waals surface area (Å²) in [4.78, 5) is 23.4. The predicted octanol–water partition coefficient (Wildman–Crippen LogP) is 4.34. The van der Waals surface area contributed by atoms with Gasteiger partial charge in [0.1, 0.15) is 11.5 Å². The first-order valence-corrected chi connectivity index (χ1v) is 7.74. The second-order valence-corrected chi connectivity index (χ2v) is 5.48. The zero-order valence-electron chi connectivity index (χ0n) is 14.1. The van der Waals surface area contributed by atoms with Crippen molar-refractivity contribution in [1.29, 1.82) is 0 Å². The zero-order chi connectivity index (χ0) is 20.0. The molecule has 27 heavy (non-hydrogen) atoms. The highest BCUT2D eigenvalue weighted by atomic mass is 19.1. The van der Waals surface area contributed by atoms with Crippen molar-refractivity contribution >= 4 is 29.2 Å². The SMILES string of the molecule is C=CCN(Cc1ccc(F)cc1)c1ccc(NC(=O)O)c(NC(=O)O)c1F. The molecule has 0 atom stereocenters. The maximum Gasteiger partial charge on any atom is 0.409 e. The van der Waals surface area contributed by atoms with Crippen molar-refractivity contribution in [3.05, 3.63) is 66.3 Å². The molecule has 7 nitrogen and oxygen atoms in total. The molecule has 0 aliphatic carbocycles. The lowest BCUT2D eigenvalue weighted by Crippen LogP contribution is -2.25. The average Bonchev–Trinajstić information content (AvgIpc) is 2.59. The normalized spacial score (nSPS) is 10.1. The third kappa shape index (κ3) is 5.18. The van der Waals surface area contributed by atoms with Crippen LogP contribution in [0, 0.1) is 11.6 Å². The van der Waals surface area contributed by atoms with Gasteiger partial charge in [-0.2, -0.15) is 0 Å². The van der Waals surface area contributed by atoms with Gasteiger partial charge < -0.3 is 15.1 Å². The smallest absolute Gasteiger partial charge is 0.409 e. The quantitative estimate of drug-likeness (QED) is 0.538. The van der Waals surface area contributed by atoms with Crippen molar-refractivity contribution in [2.24, 2.45) is 0 Å². The Bertz CT molecular complexity index is 856. The van der Waals surface area contributed by atoms with E-state index in [9.17, 15) is 18.4 Å². The standard InChI is InChI=1S/C18H17F2N3O4/c1-2-9-23(10-11-3-5-12(19)6-4-11)14-8-7-13(21-17(24)25)16(15(14)20)22-18(26)27/h2-8,21-22H,1,9-10H2,(H,24,25)(H,26,27). The second kappa shape index (κ2) is 8.65. The van der Waals surface area contributed by atoms with Crippen LogP contribution in [-0.2, 0) is 6.54 Å². The number of nitrogens with one attached hydrogen (secondary N) is 2. The van der Waals surface area contributed by atoms with Crippen LogP contribution in [0.2, 0.25) is 0 Å². The summed E-state index contributed by atoms with van der Waals surface area (Å²) < 4.78 is 28.1. The van der Waals surface area contributed by atoms with E-state index in [0.29, 0.717) is 5.56 Å². The molecule has 4 N–H and O–H groups in total. The predicted molar refractivity (Wildman–Crippen MR) is 97.3 cm³/mol. The van der Waals surface area contributed by atoms with Crippen LogP contribution in [0.1, 0.15) is 5.56 Å². The molecule has 9 heteroatoms. The van der Waals surface area contributed by atoms with Crippen molar-refractivity contribution in [3.63, 3.8) is 0 Å². The molecule has 142 valence electrons. The fourth-order valence-corrected chi connectivity index (χ4v) is 2.47. The van der Waals surface area contributed by atoms with Gasteiger partial charge in [-0.05, 0) is 29.8 Å². The fourth-order valence-electron chi connectivity index (χ4n) is 2.47. The maximum absolute atomic E-state index is 15.0. The fraction of sp³-hybridized carbons (Fsp3) is 0.111. The number of benzene rings is 2. The van der Waals surface area contributed by atoms with Crippen molar-refractivity contribution in [2.75, 3.05) is 22.1 Å². The van der Waals surface area contributed by atoms with Gasteiger partial charge in [-0.3, -0.25) is 10.6 Å². The Kier molecular flexibility index (Phi) is 6.32. The van der Waals surface area contributed by atoms with Crippen LogP contribution in [0.15, 0.2) is 49.1 Å². The minimum absolute atomic E-state index is 0.0268. The molecule has 0 aliphatic heterocycles. The molecule has 0 aromatic heterocycles. The van der Waals surface area contributed by atoms with Crippen LogP contribution in [0.4, 0.5) is 35.4 Å². The maximum atomic E-state index is 15.0. The zero-order valence-corrected chi connectivity index (χ0v) is 14.1. The van der Waals surface area contributed by atoms with Crippen molar-refractivity contribution in [2.45, 2.75) is 6.54 Å². The summed E-state index contributed by atoms with van der Waals surface area (Å²) in [5.41, 5.74) is -0.0425. The number of amides is 2. The van der Waals surface area contributed by atoms with Gasteiger partial charge in [0.05, 0.1) is 11.4 Å². The van der Waals surface area contributed by atoms with Crippen LogP contribution >= 0.6 is 0 Å². The molecule has 2 rings (SSSR count). The van der Waals surface area contributed by atoms with Crippen LogP contribution in [0.5, 0.6) is 0 Å². The summed E-state index contributed by atoms with van der Waals surface area (Å²) in [7, 11) is 0. The summed E-state index contributed by atoms with van der Waals surface area (Å²) in [5.74, 6) is -1.36. The molecule has 0 saturated heterocycles. The lowest BCUT2D eigenvalue weighted by molar-refractivity contribution is 0.208. The molecule has 0 saturated carbocycles. The highest BCUT2D eigenvalue weighted by Crippen LogP contribution is 2.33. The van der Waals surface area contributed by atoms with Crippen LogP contribution in [-0.4, -0.2) is 28.9 Å². The van der Waals surface area contributed by atoms with Gasteiger partial charge in [-0.25, -0.2) is 18.4 Å². The lowest BCUT2D eigenvalue weighted by Gasteiger charge is -2.25. The molecule has 2 aromatic carbocycles. The molecular formula is C18H17F2N3O4. The molecule has 0 unspecified atom stereocenters. The number of carboxylic acid groups (broad SMARTS) is 2. The van der Waals surface area contributed by atoms with E-state index in [1.165, 1.54) is 30.3 Å². The highest BCUT2D eigenvalue weighted by Gasteiger charge is 2.20. The van der Waals surface area contributed by atoms with E-state index in [2.05, 4.69) is 6.58 Å². The Balaban J connectivity index is 2.45. The molecule has 2 amide bonds. The van der Waals surface area contributed by atoms with Crippen LogP contribution in [0.3, 0.4) is 0 Å². The number of anilines is 3. The Morgan fingerprint density at radius 2 is 1.67 bits per heavy atom. The number of hydrogen-bond acceptors (Lipinski definition) is 3. The van der Waals surface area contributed by atoms with E-state index < -0.39 is 29.5 Å². The molecule has 0 spiro atoms. The van der Waals surface area contributed by atoms with E-state index in [0.717, 1.165) is 0 Å². The number of carbonyl (C=O) groups is 2. The number of hydrogen-bond donors (Lipinski definition) is 4. The minimum atomic E-state index is -1.55. The largest absolute Gasteiger partial charge is 0.465 e. The molecule has 2 aromatic rings. The van der Waals surface area contributed by atoms with Gasteiger partial charge in [-0.15, -0.1) is 6.58 Å². The first kappa shape index (κ1) is 19.7. The molecule has 0 radical (unpaired) electrons. The topological polar surface area (TPSA) is 102 Å². The van der Waals surface area contributed by atoms with Crippen LogP contribution < -0.4 is 15.5 Å². The number of halogens is 2. The first-order chi connectivity index (χ1) is 12.8.